The van der Waals surface area contributed by atoms with Crippen LogP contribution in [0, 0.1) is 18.2 Å². The summed E-state index contributed by atoms with van der Waals surface area (Å²) in [7, 11) is 0. The number of aryl methyl sites for hydroxylation is 1. The van der Waals surface area contributed by atoms with Crippen molar-refractivity contribution in [1.29, 1.82) is 0 Å². The van der Waals surface area contributed by atoms with Gasteiger partial charge in [0, 0.05) is 18.5 Å². The van der Waals surface area contributed by atoms with E-state index in [-0.39, 0.29) is 17.3 Å². The van der Waals surface area contributed by atoms with E-state index in [9.17, 15) is 9.18 Å². The highest BCUT2D eigenvalue weighted by Gasteiger charge is 2.36. The minimum absolute atomic E-state index is 0.0907. The predicted molar refractivity (Wildman–Crippen MR) is 77.8 cm³/mol. The summed E-state index contributed by atoms with van der Waals surface area (Å²) in [5, 5.41) is 11.9. The first-order valence-electron chi connectivity index (χ1n) is 6.91. The molecule has 5 nitrogen and oxygen atoms in total. The number of halogens is 1. The van der Waals surface area contributed by atoms with E-state index in [1.54, 1.807) is 17.9 Å². The van der Waals surface area contributed by atoms with Crippen LogP contribution in [0.15, 0.2) is 23.4 Å². The third kappa shape index (κ3) is 2.99. The second-order valence-corrected chi connectivity index (χ2v) is 5.82. The number of oxime groups is 1. The summed E-state index contributed by atoms with van der Waals surface area (Å²) in [4.78, 5) is 14.0. The molecule has 0 radical (unpaired) electrons. The third-order valence-corrected chi connectivity index (χ3v) is 4.24. The van der Waals surface area contributed by atoms with Crippen molar-refractivity contribution in [2.24, 2.45) is 16.3 Å². The number of amides is 1. The van der Waals surface area contributed by atoms with Crippen LogP contribution in [0.2, 0.25) is 0 Å². The van der Waals surface area contributed by atoms with Crippen molar-refractivity contribution >= 4 is 11.7 Å². The Morgan fingerprint density at radius 2 is 2.05 bits per heavy atom. The number of carbonyl (C=O) groups excluding carboxylic acids is 1. The van der Waals surface area contributed by atoms with Gasteiger partial charge in [-0.25, -0.2) is 4.39 Å². The molecule has 1 saturated heterocycles. The van der Waals surface area contributed by atoms with E-state index in [1.165, 1.54) is 12.1 Å². The maximum absolute atomic E-state index is 13.9. The van der Waals surface area contributed by atoms with Crippen LogP contribution in [0.1, 0.15) is 35.7 Å². The Morgan fingerprint density at radius 3 is 2.57 bits per heavy atom. The van der Waals surface area contributed by atoms with Crippen LogP contribution in [-0.2, 0) is 0 Å². The quantitative estimate of drug-likeness (QED) is 0.379. The van der Waals surface area contributed by atoms with Crippen LogP contribution in [-0.4, -0.2) is 34.9 Å². The highest BCUT2D eigenvalue weighted by molar-refractivity contribution is 5.95. The number of nitrogens with zero attached hydrogens (tertiary/aromatic N) is 2. The topological polar surface area (TPSA) is 78.9 Å². The Hall–Kier alpha value is -2.11. The standard InChI is InChI=1S/C15H20FN3O2/c1-10-3-4-11(12(16)9-10)13(20)19-7-5-15(2,6-8-19)14(17)18-21/h3-4,9,21H,5-8H2,1-2H3,(H2,17,18). The lowest BCUT2D eigenvalue weighted by molar-refractivity contribution is 0.0662. The minimum Gasteiger partial charge on any atom is -0.409 e. The SMILES string of the molecule is Cc1ccc(C(=O)N2CCC(C)(/C(N)=N/O)CC2)c(F)c1. The summed E-state index contributed by atoms with van der Waals surface area (Å²) < 4.78 is 13.9. The largest absolute Gasteiger partial charge is 0.409 e. The third-order valence-electron chi connectivity index (χ3n) is 4.24. The second-order valence-electron chi connectivity index (χ2n) is 5.82. The average Bonchev–Trinajstić information content (AvgIpc) is 2.46. The summed E-state index contributed by atoms with van der Waals surface area (Å²) in [5.74, 6) is -0.630. The Labute approximate surface area is 123 Å². The van der Waals surface area contributed by atoms with Crippen molar-refractivity contribution in [3.63, 3.8) is 0 Å². The van der Waals surface area contributed by atoms with Gasteiger partial charge in [0.15, 0.2) is 0 Å². The van der Waals surface area contributed by atoms with E-state index in [1.807, 2.05) is 6.92 Å². The molecule has 0 unspecified atom stereocenters. The molecule has 1 aliphatic rings. The molecular formula is C15H20FN3O2. The molecule has 1 aromatic rings. The van der Waals surface area contributed by atoms with Crippen LogP contribution in [0.3, 0.4) is 0 Å². The van der Waals surface area contributed by atoms with Gasteiger partial charge in [0.1, 0.15) is 11.7 Å². The normalized spacial score (nSPS) is 18.6. The molecule has 0 spiro atoms. The first-order chi connectivity index (χ1) is 9.87. The van der Waals surface area contributed by atoms with E-state index >= 15 is 0 Å². The van der Waals surface area contributed by atoms with Crippen LogP contribution in [0.5, 0.6) is 0 Å². The van der Waals surface area contributed by atoms with E-state index in [4.69, 9.17) is 10.9 Å². The van der Waals surface area contributed by atoms with E-state index < -0.39 is 11.2 Å². The lowest BCUT2D eigenvalue weighted by atomic mass is 9.79. The number of nitrogens with two attached hydrogens (primary N) is 1. The van der Waals surface area contributed by atoms with Gasteiger partial charge in [-0.3, -0.25) is 4.79 Å². The average molecular weight is 293 g/mol. The minimum atomic E-state index is -0.496. The van der Waals surface area contributed by atoms with Crippen molar-refractivity contribution in [2.75, 3.05) is 13.1 Å². The van der Waals surface area contributed by atoms with Gasteiger partial charge in [0.2, 0.25) is 0 Å². The lowest BCUT2D eigenvalue weighted by Gasteiger charge is -2.38. The first-order valence-corrected chi connectivity index (χ1v) is 6.91. The van der Waals surface area contributed by atoms with Crippen molar-refractivity contribution < 1.29 is 14.4 Å². The highest BCUT2D eigenvalue weighted by atomic mass is 19.1. The van der Waals surface area contributed by atoms with Gasteiger partial charge in [-0.2, -0.15) is 0 Å². The lowest BCUT2D eigenvalue weighted by Crippen LogP contribution is -2.47. The fourth-order valence-electron chi connectivity index (χ4n) is 2.54. The van der Waals surface area contributed by atoms with Gasteiger partial charge in [0.25, 0.3) is 5.91 Å². The fraction of sp³-hybridized carbons (Fsp3) is 0.467. The van der Waals surface area contributed by atoms with Crippen LogP contribution < -0.4 is 5.73 Å². The summed E-state index contributed by atoms with van der Waals surface area (Å²) in [6.45, 7) is 4.59. The van der Waals surface area contributed by atoms with Crippen LogP contribution in [0.25, 0.3) is 0 Å². The van der Waals surface area contributed by atoms with Crippen molar-refractivity contribution in [3.8, 4) is 0 Å². The molecule has 0 atom stereocenters. The molecule has 1 fully saturated rings. The van der Waals surface area contributed by atoms with E-state index in [0.29, 0.717) is 25.9 Å². The van der Waals surface area contributed by atoms with Gasteiger partial charge in [-0.15, -0.1) is 0 Å². The number of piperidine rings is 1. The monoisotopic (exact) mass is 293 g/mol. The molecule has 1 aromatic carbocycles. The number of hydrogen-bond acceptors (Lipinski definition) is 3. The highest BCUT2D eigenvalue weighted by Crippen LogP contribution is 2.31. The van der Waals surface area contributed by atoms with Gasteiger partial charge < -0.3 is 15.8 Å². The Bertz CT molecular complexity index is 578. The molecule has 0 aromatic heterocycles. The molecule has 3 N–H and O–H groups in total. The van der Waals surface area contributed by atoms with Crippen LogP contribution >= 0.6 is 0 Å². The zero-order chi connectivity index (χ0) is 15.6. The summed E-state index contributed by atoms with van der Waals surface area (Å²) in [6, 6.07) is 4.60. The molecule has 21 heavy (non-hydrogen) atoms. The molecule has 0 aliphatic carbocycles. The van der Waals surface area contributed by atoms with Gasteiger partial charge in [0.05, 0.1) is 5.56 Å². The number of carbonyl (C=O) groups is 1. The number of benzene rings is 1. The molecule has 6 heteroatoms. The zero-order valence-electron chi connectivity index (χ0n) is 12.3. The first kappa shape index (κ1) is 15.3. The number of amidine groups is 1. The maximum Gasteiger partial charge on any atom is 0.256 e. The van der Waals surface area contributed by atoms with Gasteiger partial charge >= 0.3 is 0 Å². The molecule has 0 bridgehead atoms. The van der Waals surface area contributed by atoms with Crippen molar-refractivity contribution in [3.05, 3.63) is 35.1 Å². The number of hydrogen-bond donors (Lipinski definition) is 2. The Kier molecular flexibility index (Phi) is 4.16. The van der Waals surface area contributed by atoms with E-state index in [2.05, 4.69) is 5.16 Å². The van der Waals surface area contributed by atoms with Gasteiger partial charge in [-0.05, 0) is 37.5 Å². The number of likely N-dealkylation sites (tertiary alicyclic amines) is 1. The number of rotatable bonds is 2. The Balaban J connectivity index is 2.10. The van der Waals surface area contributed by atoms with Crippen molar-refractivity contribution in [2.45, 2.75) is 26.7 Å². The summed E-state index contributed by atoms with van der Waals surface area (Å²) in [5.41, 5.74) is 6.14. The smallest absolute Gasteiger partial charge is 0.256 e. The second kappa shape index (κ2) is 5.71. The summed E-state index contributed by atoms with van der Waals surface area (Å²) >= 11 is 0. The van der Waals surface area contributed by atoms with Crippen LogP contribution in [0.4, 0.5) is 4.39 Å². The molecule has 1 aliphatic heterocycles. The predicted octanol–water partition coefficient (Wildman–Crippen LogP) is 2.12. The molecule has 114 valence electrons. The molecule has 2 rings (SSSR count). The zero-order valence-corrected chi connectivity index (χ0v) is 12.3. The summed E-state index contributed by atoms with van der Waals surface area (Å²) in [6.07, 6.45) is 1.17. The van der Waals surface area contributed by atoms with Crippen molar-refractivity contribution in [1.82, 2.24) is 4.90 Å². The maximum atomic E-state index is 13.9. The molecule has 1 heterocycles. The molecule has 1 amide bonds. The molecular weight excluding hydrogens is 273 g/mol. The van der Waals surface area contributed by atoms with E-state index in [0.717, 1.165) is 5.56 Å². The molecule has 0 saturated carbocycles. The fourth-order valence-corrected chi connectivity index (χ4v) is 2.54. The van der Waals surface area contributed by atoms with Gasteiger partial charge in [-0.1, -0.05) is 18.1 Å². The Morgan fingerprint density at radius 1 is 1.43 bits per heavy atom.